The molecule has 1 aromatic rings. The topological polar surface area (TPSA) is 168 Å². The molecule has 138 valence electrons. The van der Waals surface area contributed by atoms with Gasteiger partial charge in [0.05, 0.1) is 6.04 Å². The van der Waals surface area contributed by atoms with E-state index in [0.29, 0.717) is 4.88 Å². The molecule has 5 N–H and O–H groups in total. The summed E-state index contributed by atoms with van der Waals surface area (Å²) < 4.78 is 29.9. The lowest BCUT2D eigenvalue weighted by Crippen LogP contribution is -2.70. The first kappa shape index (κ1) is 19.1. The summed E-state index contributed by atoms with van der Waals surface area (Å²) in [7, 11) is -4.40. The molecule has 1 fully saturated rings. The average molecular weight is 392 g/mol. The summed E-state index contributed by atoms with van der Waals surface area (Å²) in [4.78, 5) is 40.6. The number of thiophene rings is 1. The highest BCUT2D eigenvalue weighted by molar-refractivity contribution is 7.85. The largest absolute Gasteiger partial charge is 0.352 e. The van der Waals surface area contributed by atoms with Crippen LogP contribution in [0.4, 0.5) is 4.79 Å². The van der Waals surface area contributed by atoms with Gasteiger partial charge in [-0.1, -0.05) is 6.07 Å². The highest BCUT2D eigenvalue weighted by Crippen LogP contribution is 2.23. The van der Waals surface area contributed by atoms with E-state index in [9.17, 15) is 22.8 Å². The average Bonchev–Trinajstić information content (AvgIpc) is 3.02. The van der Waals surface area contributed by atoms with Crippen LogP contribution in [0.5, 0.6) is 0 Å². The highest BCUT2D eigenvalue weighted by atomic mass is 32.2. The van der Waals surface area contributed by atoms with E-state index in [2.05, 4.69) is 15.5 Å². The Morgan fingerprint density at radius 3 is 2.68 bits per heavy atom. The van der Waals surface area contributed by atoms with Gasteiger partial charge < -0.3 is 16.4 Å². The lowest BCUT2D eigenvalue weighted by atomic mass is 9.99. The molecule has 2 heterocycles. The van der Waals surface area contributed by atoms with E-state index in [0.717, 1.165) is 5.06 Å². The van der Waals surface area contributed by atoms with Crippen molar-refractivity contribution < 1.29 is 32.2 Å². The number of rotatable bonds is 7. The van der Waals surface area contributed by atoms with E-state index in [-0.39, 0.29) is 0 Å². The molecule has 0 aliphatic carbocycles. The zero-order valence-electron chi connectivity index (χ0n) is 12.9. The minimum absolute atomic E-state index is 0.523. The van der Waals surface area contributed by atoms with Gasteiger partial charge in [-0.2, -0.15) is 8.42 Å². The zero-order chi connectivity index (χ0) is 18.8. The maximum Gasteiger partial charge on any atom is 0.313 e. The van der Waals surface area contributed by atoms with Gasteiger partial charge in [0, 0.05) is 4.88 Å². The predicted octanol–water partition coefficient (Wildman–Crippen LogP) is -1.05. The maximum atomic E-state index is 12.4. The number of carbonyl (C=O) groups excluding carboxylic acids is 3. The number of urea groups is 1. The van der Waals surface area contributed by atoms with Crippen molar-refractivity contribution in [2.24, 2.45) is 5.73 Å². The summed E-state index contributed by atoms with van der Waals surface area (Å²) in [5, 5.41) is 7.19. The predicted molar refractivity (Wildman–Crippen MR) is 85.5 cm³/mol. The van der Waals surface area contributed by atoms with Gasteiger partial charge in [0.2, 0.25) is 11.8 Å². The molecule has 1 aliphatic heterocycles. The molecule has 1 saturated heterocycles. The molecule has 3 atom stereocenters. The summed E-state index contributed by atoms with van der Waals surface area (Å²) >= 11 is 1.22. The summed E-state index contributed by atoms with van der Waals surface area (Å²) in [6, 6.07) is -0.296. The first-order chi connectivity index (χ1) is 11.6. The van der Waals surface area contributed by atoms with Crippen molar-refractivity contribution in [3.8, 4) is 0 Å². The van der Waals surface area contributed by atoms with Gasteiger partial charge in [-0.05, 0) is 18.4 Å². The highest BCUT2D eigenvalue weighted by Gasteiger charge is 2.48. The molecule has 0 bridgehead atoms. The molecule has 1 aliphatic rings. The monoisotopic (exact) mass is 392 g/mol. The molecule has 0 saturated carbocycles. The Labute approximate surface area is 146 Å². The van der Waals surface area contributed by atoms with Crippen LogP contribution >= 0.6 is 11.3 Å². The lowest BCUT2D eigenvalue weighted by molar-refractivity contribution is -0.224. The minimum Gasteiger partial charge on any atom is -0.352 e. The van der Waals surface area contributed by atoms with E-state index in [4.69, 9.17) is 10.3 Å². The van der Waals surface area contributed by atoms with Crippen molar-refractivity contribution in [3.05, 3.63) is 22.4 Å². The van der Waals surface area contributed by atoms with Crippen molar-refractivity contribution >= 4 is 39.3 Å². The summed E-state index contributed by atoms with van der Waals surface area (Å²) in [5.74, 6) is -2.42. The summed E-state index contributed by atoms with van der Waals surface area (Å²) in [6.45, 7) is 1.51. The number of hydrogen-bond acceptors (Lipinski definition) is 7. The van der Waals surface area contributed by atoms with Crippen LogP contribution in [0.25, 0.3) is 0 Å². The van der Waals surface area contributed by atoms with Gasteiger partial charge in [0.1, 0.15) is 12.1 Å². The zero-order valence-corrected chi connectivity index (χ0v) is 14.5. The lowest BCUT2D eigenvalue weighted by Gasteiger charge is -2.43. The van der Waals surface area contributed by atoms with E-state index < -0.39 is 52.0 Å². The molecule has 1 unspecified atom stereocenters. The molecule has 0 spiro atoms. The number of hydroxylamine groups is 2. The molecule has 0 aromatic carbocycles. The summed E-state index contributed by atoms with van der Waals surface area (Å²) in [5.41, 5.74) is 5.07. The van der Waals surface area contributed by atoms with Gasteiger partial charge in [-0.15, -0.1) is 11.3 Å². The standard InChI is InChI=1S/C12H16N4O7S2/c1-6-8(11(18)16(6)23-5-25(20,21)22)14-10(17)9(15-12(13)19)7-3-2-4-24-7/h2-4,6,8-9H,5H2,1H3,(H,14,17)(H3,13,15,19)(H,20,21,22)/t6-,8-,9?/m0/s1. The van der Waals surface area contributed by atoms with Gasteiger partial charge in [0.25, 0.3) is 16.0 Å². The Morgan fingerprint density at radius 1 is 1.52 bits per heavy atom. The molecule has 0 radical (unpaired) electrons. The number of β-lactam (4-membered cyclic amide) rings is 1. The SMILES string of the molecule is C[C@H]1[C@H](NC(=O)C(NC(N)=O)c2cccs2)C(=O)N1OCS(=O)(=O)O. The van der Waals surface area contributed by atoms with Gasteiger partial charge in [0.15, 0.2) is 0 Å². The third kappa shape index (κ3) is 4.66. The quantitative estimate of drug-likeness (QED) is 0.339. The van der Waals surface area contributed by atoms with Crippen LogP contribution < -0.4 is 16.4 Å². The van der Waals surface area contributed by atoms with Crippen molar-refractivity contribution in [1.29, 1.82) is 0 Å². The molecule has 13 heteroatoms. The second-order valence-electron chi connectivity index (χ2n) is 5.18. The normalized spacial score (nSPS) is 21.4. The molecule has 25 heavy (non-hydrogen) atoms. The van der Waals surface area contributed by atoms with Crippen LogP contribution in [0.15, 0.2) is 17.5 Å². The number of primary amides is 1. The van der Waals surface area contributed by atoms with Crippen LogP contribution in [0.3, 0.4) is 0 Å². The van der Waals surface area contributed by atoms with Crippen molar-refractivity contribution in [2.75, 3.05) is 5.94 Å². The molecular formula is C12H16N4O7S2. The number of amides is 4. The Balaban J connectivity index is 2.00. The fourth-order valence-corrected chi connectivity index (χ4v) is 3.20. The molecule has 2 rings (SSSR count). The fourth-order valence-electron chi connectivity index (χ4n) is 2.18. The van der Waals surface area contributed by atoms with Crippen molar-refractivity contribution in [2.45, 2.75) is 25.0 Å². The van der Waals surface area contributed by atoms with Gasteiger partial charge in [-0.3, -0.25) is 19.0 Å². The van der Waals surface area contributed by atoms with Crippen molar-refractivity contribution in [3.63, 3.8) is 0 Å². The van der Waals surface area contributed by atoms with Gasteiger partial charge in [-0.25, -0.2) is 9.86 Å². The Kier molecular flexibility index (Phi) is 5.62. The third-order valence-electron chi connectivity index (χ3n) is 3.35. The number of carbonyl (C=O) groups is 3. The molecular weight excluding hydrogens is 376 g/mol. The number of nitrogens with two attached hydrogens (primary N) is 1. The third-order valence-corrected chi connectivity index (χ3v) is 4.69. The summed E-state index contributed by atoms with van der Waals surface area (Å²) in [6.07, 6.45) is 0. The Bertz CT molecular complexity index is 764. The van der Waals surface area contributed by atoms with Crippen LogP contribution in [0, 0.1) is 0 Å². The number of nitrogens with zero attached hydrogens (tertiary/aromatic N) is 1. The Morgan fingerprint density at radius 2 is 2.20 bits per heavy atom. The van der Waals surface area contributed by atoms with Crippen LogP contribution in [0.2, 0.25) is 0 Å². The first-order valence-corrected chi connectivity index (χ1v) is 9.40. The van der Waals surface area contributed by atoms with E-state index >= 15 is 0 Å². The minimum atomic E-state index is -4.40. The second-order valence-corrected chi connectivity index (χ2v) is 7.56. The molecule has 1 aromatic heterocycles. The van der Waals surface area contributed by atoms with E-state index in [1.54, 1.807) is 17.5 Å². The van der Waals surface area contributed by atoms with Crippen LogP contribution in [-0.4, -0.2) is 53.9 Å². The second kappa shape index (κ2) is 7.35. The number of nitrogens with one attached hydrogen (secondary N) is 2. The fraction of sp³-hybridized carbons (Fsp3) is 0.417. The molecule has 4 amide bonds. The number of hydrogen-bond donors (Lipinski definition) is 4. The first-order valence-electron chi connectivity index (χ1n) is 6.91. The van der Waals surface area contributed by atoms with Crippen LogP contribution in [-0.2, 0) is 24.5 Å². The Hall–Kier alpha value is -2.22. The smallest absolute Gasteiger partial charge is 0.313 e. The van der Waals surface area contributed by atoms with E-state index in [1.165, 1.54) is 18.3 Å². The molecule has 11 nitrogen and oxygen atoms in total. The van der Waals surface area contributed by atoms with Crippen molar-refractivity contribution in [1.82, 2.24) is 15.7 Å². The van der Waals surface area contributed by atoms with E-state index in [1.807, 2.05) is 0 Å². The van der Waals surface area contributed by atoms with Gasteiger partial charge >= 0.3 is 6.03 Å². The maximum absolute atomic E-state index is 12.4. The van der Waals surface area contributed by atoms with Crippen LogP contribution in [0.1, 0.15) is 17.8 Å².